The van der Waals surface area contributed by atoms with Crippen LogP contribution in [0.3, 0.4) is 0 Å². The third-order valence-electron chi connectivity index (χ3n) is 1.68. The summed E-state index contributed by atoms with van der Waals surface area (Å²) in [7, 11) is 1.71. The fourth-order valence-electron chi connectivity index (χ4n) is 1.05. The van der Waals surface area contributed by atoms with Gasteiger partial charge in [-0.3, -0.25) is 4.79 Å². The van der Waals surface area contributed by atoms with Crippen LogP contribution in [-0.2, 0) is 7.05 Å². The molecule has 0 fully saturated rings. The summed E-state index contributed by atoms with van der Waals surface area (Å²) < 4.78 is 3.74. The average molecular weight is 228 g/mol. The molecule has 0 aromatic carbocycles. The molecule has 2 aromatic heterocycles. The van der Waals surface area contributed by atoms with E-state index in [4.69, 9.17) is 0 Å². The molecule has 2 rings (SSSR count). The zero-order chi connectivity index (χ0) is 8.72. The van der Waals surface area contributed by atoms with E-state index in [-0.39, 0.29) is 5.56 Å². The smallest absolute Gasteiger partial charge is 0.276 e. The van der Waals surface area contributed by atoms with Crippen molar-refractivity contribution in [3.8, 4) is 0 Å². The molecule has 0 spiro atoms. The van der Waals surface area contributed by atoms with Crippen molar-refractivity contribution in [3.05, 3.63) is 33.4 Å². The molecule has 0 atom stereocenters. The summed E-state index contributed by atoms with van der Waals surface area (Å²) >= 11 is 3.20. The van der Waals surface area contributed by atoms with Gasteiger partial charge < -0.3 is 4.57 Å². The first kappa shape index (κ1) is 7.54. The zero-order valence-corrected chi connectivity index (χ0v) is 7.95. The second-order valence-electron chi connectivity index (χ2n) is 2.51. The predicted octanol–water partition coefficient (Wildman–Crippen LogP) is 0.795. The first-order valence-electron chi connectivity index (χ1n) is 3.39. The van der Waals surface area contributed by atoms with Crippen molar-refractivity contribution in [2.24, 2.45) is 7.05 Å². The molecule has 4 nitrogen and oxygen atoms in total. The van der Waals surface area contributed by atoms with Crippen molar-refractivity contribution >= 4 is 21.4 Å². The molecule has 0 saturated carbocycles. The van der Waals surface area contributed by atoms with Gasteiger partial charge in [-0.1, -0.05) is 0 Å². The van der Waals surface area contributed by atoms with Gasteiger partial charge in [0.25, 0.3) is 5.56 Å². The summed E-state index contributed by atoms with van der Waals surface area (Å²) in [5.74, 6) is 0. The Morgan fingerprint density at radius 1 is 1.50 bits per heavy atom. The fraction of sp³-hybridized carbons (Fsp3) is 0.143. The standard InChI is InChI=1S/C7H6BrN3O/c1-10-2-3-11-5(7(10)12)4-6(8)9-11/h2-4H,1H3. The maximum Gasteiger partial charge on any atom is 0.276 e. The monoisotopic (exact) mass is 227 g/mol. The van der Waals surface area contributed by atoms with Gasteiger partial charge in [0, 0.05) is 25.5 Å². The number of fused-ring (bicyclic) bond motifs is 1. The summed E-state index contributed by atoms with van der Waals surface area (Å²) in [6.45, 7) is 0. The van der Waals surface area contributed by atoms with E-state index in [1.54, 1.807) is 30.0 Å². The third-order valence-corrected chi connectivity index (χ3v) is 2.06. The molecule has 62 valence electrons. The molecular formula is C7H6BrN3O. The minimum Gasteiger partial charge on any atom is -0.315 e. The van der Waals surface area contributed by atoms with E-state index in [0.29, 0.717) is 10.1 Å². The lowest BCUT2D eigenvalue weighted by Crippen LogP contribution is -2.17. The lowest BCUT2D eigenvalue weighted by Gasteiger charge is -1.95. The van der Waals surface area contributed by atoms with Crippen molar-refractivity contribution in [2.75, 3.05) is 0 Å². The van der Waals surface area contributed by atoms with Crippen LogP contribution < -0.4 is 5.56 Å². The van der Waals surface area contributed by atoms with Crippen LogP contribution in [0.4, 0.5) is 0 Å². The van der Waals surface area contributed by atoms with Crippen LogP contribution in [0, 0.1) is 0 Å². The van der Waals surface area contributed by atoms with Gasteiger partial charge in [0.15, 0.2) is 0 Å². The number of aryl methyl sites for hydroxylation is 1. The van der Waals surface area contributed by atoms with Gasteiger partial charge in [-0.05, 0) is 15.9 Å². The van der Waals surface area contributed by atoms with Crippen molar-refractivity contribution in [2.45, 2.75) is 0 Å². The molecule has 0 saturated heterocycles. The van der Waals surface area contributed by atoms with Crippen molar-refractivity contribution in [1.29, 1.82) is 0 Å². The second-order valence-corrected chi connectivity index (χ2v) is 3.32. The lowest BCUT2D eigenvalue weighted by atomic mass is 10.5. The normalized spacial score (nSPS) is 10.8. The average Bonchev–Trinajstić information content (AvgIpc) is 2.39. The Morgan fingerprint density at radius 3 is 3.00 bits per heavy atom. The Hall–Kier alpha value is -1.10. The van der Waals surface area contributed by atoms with Crippen LogP contribution in [0.1, 0.15) is 0 Å². The first-order valence-corrected chi connectivity index (χ1v) is 4.18. The highest BCUT2D eigenvalue weighted by atomic mass is 79.9. The predicted molar refractivity (Wildman–Crippen MR) is 48.1 cm³/mol. The topological polar surface area (TPSA) is 39.3 Å². The highest BCUT2D eigenvalue weighted by Gasteiger charge is 2.02. The number of rotatable bonds is 0. The van der Waals surface area contributed by atoms with Crippen LogP contribution in [-0.4, -0.2) is 14.2 Å². The van der Waals surface area contributed by atoms with E-state index in [0.717, 1.165) is 0 Å². The Morgan fingerprint density at radius 2 is 2.25 bits per heavy atom. The highest BCUT2D eigenvalue weighted by Crippen LogP contribution is 2.07. The van der Waals surface area contributed by atoms with E-state index in [9.17, 15) is 4.79 Å². The van der Waals surface area contributed by atoms with E-state index < -0.39 is 0 Å². The number of hydrogen-bond acceptors (Lipinski definition) is 2. The van der Waals surface area contributed by atoms with Gasteiger partial charge in [0.2, 0.25) is 0 Å². The first-order chi connectivity index (χ1) is 5.68. The molecule has 0 aliphatic carbocycles. The third kappa shape index (κ3) is 0.972. The molecule has 5 heteroatoms. The SMILES string of the molecule is Cn1ccn2nc(Br)cc2c1=O. The Kier molecular flexibility index (Phi) is 1.54. The summed E-state index contributed by atoms with van der Waals surface area (Å²) in [6.07, 6.45) is 3.41. The molecule has 12 heavy (non-hydrogen) atoms. The van der Waals surface area contributed by atoms with E-state index >= 15 is 0 Å². The molecule has 0 aliphatic heterocycles. The van der Waals surface area contributed by atoms with E-state index in [2.05, 4.69) is 21.0 Å². The molecule has 0 bridgehead atoms. The second kappa shape index (κ2) is 2.45. The molecular weight excluding hydrogens is 222 g/mol. The number of halogens is 1. The molecule has 2 heterocycles. The van der Waals surface area contributed by atoms with Crippen LogP contribution in [0.2, 0.25) is 0 Å². The summed E-state index contributed by atoms with van der Waals surface area (Å²) in [5, 5.41) is 4.04. The largest absolute Gasteiger partial charge is 0.315 e. The molecule has 0 amide bonds. The van der Waals surface area contributed by atoms with Crippen molar-refractivity contribution in [1.82, 2.24) is 14.2 Å². The Balaban J connectivity index is 2.99. The summed E-state index contributed by atoms with van der Waals surface area (Å²) in [6, 6.07) is 1.70. The van der Waals surface area contributed by atoms with Crippen LogP contribution in [0.15, 0.2) is 27.9 Å². The molecule has 0 radical (unpaired) electrons. The van der Waals surface area contributed by atoms with E-state index in [1.807, 2.05) is 0 Å². The summed E-state index contributed by atoms with van der Waals surface area (Å²) in [4.78, 5) is 11.4. The fourth-order valence-corrected chi connectivity index (χ4v) is 1.44. The van der Waals surface area contributed by atoms with Gasteiger partial charge in [-0.2, -0.15) is 5.10 Å². The van der Waals surface area contributed by atoms with Crippen molar-refractivity contribution in [3.63, 3.8) is 0 Å². The van der Waals surface area contributed by atoms with Crippen LogP contribution >= 0.6 is 15.9 Å². The van der Waals surface area contributed by atoms with Gasteiger partial charge in [0.05, 0.1) is 0 Å². The summed E-state index contributed by atoms with van der Waals surface area (Å²) in [5.41, 5.74) is 0.530. The van der Waals surface area contributed by atoms with Crippen LogP contribution in [0.5, 0.6) is 0 Å². The molecule has 0 aliphatic rings. The highest BCUT2D eigenvalue weighted by molar-refractivity contribution is 9.10. The van der Waals surface area contributed by atoms with Gasteiger partial charge in [-0.25, -0.2) is 4.52 Å². The van der Waals surface area contributed by atoms with E-state index in [1.165, 1.54) is 4.57 Å². The van der Waals surface area contributed by atoms with Gasteiger partial charge >= 0.3 is 0 Å². The van der Waals surface area contributed by atoms with Crippen molar-refractivity contribution < 1.29 is 0 Å². The number of nitrogens with zero attached hydrogens (tertiary/aromatic N) is 3. The lowest BCUT2D eigenvalue weighted by molar-refractivity contribution is 0.818. The minimum absolute atomic E-state index is 0.0456. The Bertz CT molecular complexity index is 485. The Labute approximate surface area is 76.6 Å². The van der Waals surface area contributed by atoms with Gasteiger partial charge in [0.1, 0.15) is 10.1 Å². The molecule has 0 unspecified atom stereocenters. The maximum atomic E-state index is 11.4. The molecule has 0 N–H and O–H groups in total. The minimum atomic E-state index is -0.0456. The zero-order valence-electron chi connectivity index (χ0n) is 6.36. The molecule has 2 aromatic rings. The number of hydrogen-bond donors (Lipinski definition) is 0. The maximum absolute atomic E-state index is 11.4. The van der Waals surface area contributed by atoms with Crippen LogP contribution in [0.25, 0.3) is 5.52 Å². The number of aromatic nitrogens is 3. The quantitative estimate of drug-likeness (QED) is 0.668. The van der Waals surface area contributed by atoms with Gasteiger partial charge in [-0.15, -0.1) is 0 Å².